The van der Waals surface area contributed by atoms with Crippen LogP contribution >= 0.6 is 0 Å². The van der Waals surface area contributed by atoms with Crippen molar-refractivity contribution in [2.45, 2.75) is 13.3 Å². The molecule has 0 heterocycles. The quantitative estimate of drug-likeness (QED) is 0.557. The van der Waals surface area contributed by atoms with Crippen molar-refractivity contribution in [1.29, 1.82) is 5.26 Å². The van der Waals surface area contributed by atoms with Crippen molar-refractivity contribution in [3.8, 4) is 6.07 Å². The number of nitriles is 1. The molecule has 0 radical (unpaired) electrons. The Morgan fingerprint density at radius 3 is 2.67 bits per heavy atom. The second-order valence-electron chi connectivity index (χ2n) is 1.73. The van der Waals surface area contributed by atoms with Crippen LogP contribution in [0, 0.1) is 11.3 Å². The van der Waals surface area contributed by atoms with E-state index in [4.69, 9.17) is 5.26 Å². The van der Waals surface area contributed by atoms with E-state index in [1.807, 2.05) is 10.9 Å². The smallest absolute Gasteiger partial charge is 0.426 e. The molecule has 6 heteroatoms. The lowest BCUT2D eigenvalue weighted by Gasteiger charge is -2.04. The van der Waals surface area contributed by atoms with Crippen molar-refractivity contribution in [1.82, 2.24) is 10.9 Å². The molecule has 2 N–H and O–H groups in total. The first kappa shape index (κ1) is 10.2. The summed E-state index contributed by atoms with van der Waals surface area (Å²) in [4.78, 5) is 21.1. The third-order valence-electron chi connectivity index (χ3n) is 0.819. The Bertz CT molecular complexity index is 209. The van der Waals surface area contributed by atoms with Gasteiger partial charge in [0.2, 0.25) is 0 Å². The second-order valence-corrected chi connectivity index (χ2v) is 1.73. The first-order valence-electron chi connectivity index (χ1n) is 3.29. The van der Waals surface area contributed by atoms with Crippen LogP contribution in [0.2, 0.25) is 0 Å². The normalized spacial score (nSPS) is 8.00. The minimum atomic E-state index is -0.746. The monoisotopic (exact) mass is 171 g/mol. The molecule has 0 aromatic heterocycles. The number of carbonyl (C=O) groups excluding carboxylic acids is 2. The zero-order chi connectivity index (χ0) is 9.40. The van der Waals surface area contributed by atoms with Gasteiger partial charge in [-0.25, -0.2) is 10.2 Å². The Hall–Kier alpha value is -1.77. The van der Waals surface area contributed by atoms with E-state index < -0.39 is 12.0 Å². The lowest BCUT2D eigenvalue weighted by Crippen LogP contribution is -2.41. The van der Waals surface area contributed by atoms with Crippen molar-refractivity contribution in [2.75, 3.05) is 6.61 Å². The molecule has 0 aliphatic heterocycles. The molecule has 0 rings (SSSR count). The number of amides is 2. The molecular formula is C6H9N3O3. The highest BCUT2D eigenvalue weighted by Crippen LogP contribution is 1.75. The van der Waals surface area contributed by atoms with Crippen molar-refractivity contribution in [2.24, 2.45) is 0 Å². The molecule has 0 aromatic carbocycles. The third-order valence-corrected chi connectivity index (χ3v) is 0.819. The van der Waals surface area contributed by atoms with Crippen LogP contribution in [0.25, 0.3) is 0 Å². The van der Waals surface area contributed by atoms with E-state index in [0.29, 0.717) is 0 Å². The maximum Gasteiger partial charge on any atom is 0.426 e. The summed E-state index contributed by atoms with van der Waals surface area (Å²) in [6.45, 7) is 1.86. The average molecular weight is 171 g/mol. The molecule has 0 saturated heterocycles. The number of nitrogens with zero attached hydrogens (tertiary/aromatic N) is 1. The van der Waals surface area contributed by atoms with Crippen LogP contribution in [0.3, 0.4) is 0 Å². The Morgan fingerprint density at radius 2 is 2.17 bits per heavy atom. The number of carbonyl (C=O) groups is 2. The van der Waals surface area contributed by atoms with E-state index in [2.05, 4.69) is 4.74 Å². The summed E-state index contributed by atoms with van der Waals surface area (Å²) in [7, 11) is 0. The summed E-state index contributed by atoms with van der Waals surface area (Å²) >= 11 is 0. The van der Waals surface area contributed by atoms with Crippen molar-refractivity contribution in [3.63, 3.8) is 0 Å². The molecule has 0 aromatic rings. The topological polar surface area (TPSA) is 91.2 Å². The molecule has 0 spiro atoms. The highest BCUT2D eigenvalue weighted by atomic mass is 16.5. The van der Waals surface area contributed by atoms with E-state index in [0.717, 1.165) is 0 Å². The summed E-state index contributed by atoms with van der Waals surface area (Å²) in [6, 6.07) is 1.62. The molecule has 12 heavy (non-hydrogen) atoms. The Morgan fingerprint density at radius 1 is 1.50 bits per heavy atom. The summed E-state index contributed by atoms with van der Waals surface area (Å²) in [5.74, 6) is -0.578. The maximum absolute atomic E-state index is 10.5. The predicted octanol–water partition coefficient (Wildman–Crippen LogP) is -0.323. The van der Waals surface area contributed by atoms with E-state index in [9.17, 15) is 9.59 Å². The van der Waals surface area contributed by atoms with Gasteiger partial charge in [-0.1, -0.05) is 0 Å². The summed E-state index contributed by atoms with van der Waals surface area (Å²) in [6.07, 6.45) is -1.05. The van der Waals surface area contributed by atoms with E-state index in [1.165, 1.54) is 0 Å². The zero-order valence-electron chi connectivity index (χ0n) is 6.59. The average Bonchev–Trinajstić information content (AvgIpc) is 2.02. The van der Waals surface area contributed by atoms with Gasteiger partial charge in [-0.2, -0.15) is 5.26 Å². The van der Waals surface area contributed by atoms with E-state index in [-0.39, 0.29) is 13.0 Å². The minimum Gasteiger partial charge on any atom is -0.449 e. The molecule has 0 aliphatic rings. The number of rotatable bonds is 2. The van der Waals surface area contributed by atoms with Crippen LogP contribution in [-0.2, 0) is 9.53 Å². The highest BCUT2D eigenvalue weighted by Gasteiger charge is 2.02. The molecular weight excluding hydrogens is 162 g/mol. The molecule has 0 bridgehead atoms. The fourth-order valence-corrected chi connectivity index (χ4v) is 0.404. The highest BCUT2D eigenvalue weighted by molar-refractivity contribution is 5.80. The fraction of sp³-hybridized carbons (Fsp3) is 0.500. The zero-order valence-corrected chi connectivity index (χ0v) is 6.59. The Balaban J connectivity index is 3.48. The lowest BCUT2D eigenvalue weighted by atomic mass is 10.5. The molecule has 0 saturated carbocycles. The van der Waals surface area contributed by atoms with Crippen LogP contribution in [-0.4, -0.2) is 18.6 Å². The Kier molecular flexibility index (Phi) is 5.09. The van der Waals surface area contributed by atoms with Gasteiger partial charge in [0.15, 0.2) is 0 Å². The van der Waals surface area contributed by atoms with Crippen LogP contribution in [0.15, 0.2) is 0 Å². The maximum atomic E-state index is 10.5. The van der Waals surface area contributed by atoms with Crippen molar-refractivity contribution in [3.05, 3.63) is 0 Å². The standard InChI is InChI=1S/C6H9N3O3/c1-2-12-6(11)9-8-5(10)3-4-7/h2-3H2,1H3,(H,8,10)(H,9,11). The van der Waals surface area contributed by atoms with Gasteiger partial charge >= 0.3 is 6.09 Å². The molecule has 0 atom stereocenters. The minimum absolute atomic E-state index is 0.222. The second kappa shape index (κ2) is 5.97. The van der Waals surface area contributed by atoms with Gasteiger partial charge in [0.25, 0.3) is 5.91 Å². The number of hydrazine groups is 1. The van der Waals surface area contributed by atoms with Crippen LogP contribution in [0.4, 0.5) is 4.79 Å². The SMILES string of the molecule is CCOC(=O)NNC(=O)CC#N. The van der Waals surface area contributed by atoms with Crippen LogP contribution in [0.1, 0.15) is 13.3 Å². The summed E-state index contributed by atoms with van der Waals surface area (Å²) in [5, 5.41) is 8.05. The Labute approximate surface area is 69.5 Å². The number of hydrogen-bond donors (Lipinski definition) is 2. The first-order chi connectivity index (χ1) is 5.70. The summed E-state index contributed by atoms with van der Waals surface area (Å²) in [5.41, 5.74) is 3.94. The van der Waals surface area contributed by atoms with Gasteiger partial charge in [-0.3, -0.25) is 10.2 Å². The van der Waals surface area contributed by atoms with E-state index >= 15 is 0 Å². The number of hydrogen-bond acceptors (Lipinski definition) is 4. The molecule has 66 valence electrons. The third kappa shape index (κ3) is 5.05. The number of nitrogens with one attached hydrogen (secondary N) is 2. The van der Waals surface area contributed by atoms with Gasteiger partial charge in [0.1, 0.15) is 6.42 Å². The molecule has 0 fully saturated rings. The van der Waals surface area contributed by atoms with E-state index in [1.54, 1.807) is 13.0 Å². The first-order valence-corrected chi connectivity index (χ1v) is 3.29. The van der Waals surface area contributed by atoms with Gasteiger partial charge < -0.3 is 4.74 Å². The largest absolute Gasteiger partial charge is 0.449 e. The predicted molar refractivity (Wildman–Crippen MR) is 38.5 cm³/mol. The summed E-state index contributed by atoms with van der Waals surface area (Å²) < 4.78 is 4.42. The molecule has 2 amide bonds. The van der Waals surface area contributed by atoms with Gasteiger partial charge in [0.05, 0.1) is 12.7 Å². The molecule has 0 aliphatic carbocycles. The van der Waals surface area contributed by atoms with Crippen molar-refractivity contribution >= 4 is 12.0 Å². The van der Waals surface area contributed by atoms with Gasteiger partial charge in [0, 0.05) is 0 Å². The molecule has 0 unspecified atom stereocenters. The fourth-order valence-electron chi connectivity index (χ4n) is 0.404. The molecule has 6 nitrogen and oxygen atoms in total. The number of ether oxygens (including phenoxy) is 1. The van der Waals surface area contributed by atoms with Gasteiger partial charge in [-0.15, -0.1) is 0 Å². The van der Waals surface area contributed by atoms with Gasteiger partial charge in [-0.05, 0) is 6.92 Å². The lowest BCUT2D eigenvalue weighted by molar-refractivity contribution is -0.121. The van der Waals surface area contributed by atoms with Crippen molar-refractivity contribution < 1.29 is 14.3 Å². The van der Waals surface area contributed by atoms with Crippen LogP contribution < -0.4 is 10.9 Å². The van der Waals surface area contributed by atoms with Crippen LogP contribution in [0.5, 0.6) is 0 Å².